The molecule has 84 valence electrons. The number of benzene rings is 1. The number of halogens is 3. The number of alkyl halides is 2. The van der Waals surface area contributed by atoms with Gasteiger partial charge in [-0.1, -0.05) is 12.1 Å². The normalized spacial score (nSPS) is 11.0. The number of hydrogen-bond acceptors (Lipinski definition) is 2. The van der Waals surface area contributed by atoms with Crippen LogP contribution in [-0.4, -0.2) is 9.78 Å². The molecule has 0 spiro atoms. The summed E-state index contributed by atoms with van der Waals surface area (Å²) in [6, 6.07) is 5.52. The average Bonchev–Trinajstić information content (AvgIpc) is 2.61. The van der Waals surface area contributed by atoms with E-state index in [-0.39, 0.29) is 11.4 Å². The molecule has 0 aliphatic rings. The molecule has 0 radical (unpaired) electrons. The average molecular weight is 227 g/mol. The van der Waals surface area contributed by atoms with E-state index in [1.165, 1.54) is 24.3 Å². The Hall–Kier alpha value is -1.98. The molecule has 1 heterocycles. The first-order valence-electron chi connectivity index (χ1n) is 4.47. The van der Waals surface area contributed by atoms with Gasteiger partial charge in [0, 0.05) is 0 Å². The zero-order valence-electron chi connectivity index (χ0n) is 8.07. The third-order valence-electron chi connectivity index (χ3n) is 2.12. The van der Waals surface area contributed by atoms with Crippen molar-refractivity contribution in [2.24, 2.45) is 0 Å². The van der Waals surface area contributed by atoms with Crippen LogP contribution in [0.15, 0.2) is 30.5 Å². The SMILES string of the molecule is Nc1cnn(-c2ccccc2F)c1C(F)F. The summed E-state index contributed by atoms with van der Waals surface area (Å²) in [5.41, 5.74) is 4.65. The second-order valence-corrected chi connectivity index (χ2v) is 3.15. The molecule has 0 amide bonds. The largest absolute Gasteiger partial charge is 0.396 e. The first-order valence-corrected chi connectivity index (χ1v) is 4.47. The van der Waals surface area contributed by atoms with Crippen LogP contribution in [0, 0.1) is 5.82 Å². The van der Waals surface area contributed by atoms with Gasteiger partial charge in [0.25, 0.3) is 6.43 Å². The number of para-hydroxylation sites is 1. The van der Waals surface area contributed by atoms with Gasteiger partial charge in [0.15, 0.2) is 0 Å². The first-order chi connectivity index (χ1) is 7.61. The zero-order valence-corrected chi connectivity index (χ0v) is 8.07. The van der Waals surface area contributed by atoms with Crippen LogP contribution in [0.3, 0.4) is 0 Å². The van der Waals surface area contributed by atoms with Crippen LogP contribution < -0.4 is 5.73 Å². The maximum Gasteiger partial charge on any atom is 0.282 e. The molecule has 0 unspecified atom stereocenters. The summed E-state index contributed by atoms with van der Waals surface area (Å²) in [7, 11) is 0. The lowest BCUT2D eigenvalue weighted by Gasteiger charge is -2.07. The highest BCUT2D eigenvalue weighted by Gasteiger charge is 2.20. The molecule has 0 bridgehead atoms. The standard InChI is InChI=1S/C10H8F3N3/c11-6-3-1-2-4-8(6)16-9(10(12)13)7(14)5-15-16/h1-5,10H,14H2. The Labute approximate surface area is 89.3 Å². The molecule has 0 saturated heterocycles. The van der Waals surface area contributed by atoms with Crippen molar-refractivity contribution in [2.75, 3.05) is 5.73 Å². The van der Waals surface area contributed by atoms with Crippen molar-refractivity contribution in [3.8, 4) is 5.69 Å². The van der Waals surface area contributed by atoms with E-state index in [1.807, 2.05) is 0 Å². The summed E-state index contributed by atoms with van der Waals surface area (Å²) in [4.78, 5) is 0. The number of rotatable bonds is 2. The van der Waals surface area contributed by atoms with Gasteiger partial charge >= 0.3 is 0 Å². The lowest BCUT2D eigenvalue weighted by Crippen LogP contribution is -2.06. The fourth-order valence-corrected chi connectivity index (χ4v) is 1.40. The van der Waals surface area contributed by atoms with E-state index in [0.717, 1.165) is 10.9 Å². The molecule has 1 aromatic carbocycles. The summed E-state index contributed by atoms with van der Waals surface area (Å²) >= 11 is 0. The molecule has 0 atom stereocenters. The van der Waals surface area contributed by atoms with Gasteiger partial charge < -0.3 is 5.73 Å². The van der Waals surface area contributed by atoms with Crippen LogP contribution in [0.1, 0.15) is 12.1 Å². The van der Waals surface area contributed by atoms with Gasteiger partial charge in [-0.05, 0) is 12.1 Å². The van der Waals surface area contributed by atoms with Gasteiger partial charge in [-0.25, -0.2) is 17.9 Å². The van der Waals surface area contributed by atoms with Crippen molar-refractivity contribution in [3.63, 3.8) is 0 Å². The monoisotopic (exact) mass is 227 g/mol. The van der Waals surface area contributed by atoms with Gasteiger partial charge in [-0.3, -0.25) is 0 Å². The summed E-state index contributed by atoms with van der Waals surface area (Å²) < 4.78 is 39.5. The molecule has 2 N–H and O–H groups in total. The predicted octanol–water partition coefficient (Wildman–Crippen LogP) is 2.53. The van der Waals surface area contributed by atoms with Crippen LogP contribution in [0.25, 0.3) is 5.69 Å². The topological polar surface area (TPSA) is 43.8 Å². The Morgan fingerprint density at radius 3 is 2.56 bits per heavy atom. The van der Waals surface area contributed by atoms with Gasteiger partial charge in [-0.2, -0.15) is 5.10 Å². The number of anilines is 1. The molecular weight excluding hydrogens is 219 g/mol. The van der Waals surface area contributed by atoms with Gasteiger partial charge in [-0.15, -0.1) is 0 Å². The fourth-order valence-electron chi connectivity index (χ4n) is 1.40. The number of nitrogens with zero attached hydrogens (tertiary/aromatic N) is 2. The lowest BCUT2D eigenvalue weighted by atomic mass is 10.3. The minimum absolute atomic E-state index is 0.0468. The van der Waals surface area contributed by atoms with E-state index in [0.29, 0.717) is 0 Å². The number of nitrogens with two attached hydrogens (primary N) is 1. The Morgan fingerprint density at radius 1 is 1.25 bits per heavy atom. The minimum Gasteiger partial charge on any atom is -0.396 e. The third kappa shape index (κ3) is 1.62. The minimum atomic E-state index is -2.80. The fraction of sp³-hybridized carbons (Fsp3) is 0.100. The molecule has 3 nitrogen and oxygen atoms in total. The molecule has 2 aromatic rings. The Kier molecular flexibility index (Phi) is 2.55. The van der Waals surface area contributed by atoms with E-state index in [4.69, 9.17) is 5.73 Å². The predicted molar refractivity (Wildman–Crippen MR) is 52.9 cm³/mol. The van der Waals surface area contributed by atoms with Crippen molar-refractivity contribution in [1.82, 2.24) is 9.78 Å². The molecule has 0 aliphatic heterocycles. The molecule has 1 aromatic heterocycles. The van der Waals surface area contributed by atoms with E-state index < -0.39 is 17.9 Å². The second kappa shape index (κ2) is 3.88. The second-order valence-electron chi connectivity index (χ2n) is 3.15. The molecule has 16 heavy (non-hydrogen) atoms. The van der Waals surface area contributed by atoms with Crippen molar-refractivity contribution in [2.45, 2.75) is 6.43 Å². The molecule has 2 rings (SSSR count). The van der Waals surface area contributed by atoms with Crippen LogP contribution in [0.2, 0.25) is 0 Å². The molecular formula is C10H8F3N3. The smallest absolute Gasteiger partial charge is 0.282 e. The van der Waals surface area contributed by atoms with Gasteiger partial charge in [0.05, 0.1) is 11.9 Å². The maximum atomic E-state index is 13.4. The Balaban J connectivity index is 2.61. The van der Waals surface area contributed by atoms with Crippen molar-refractivity contribution in [1.29, 1.82) is 0 Å². The van der Waals surface area contributed by atoms with Gasteiger partial charge in [0.1, 0.15) is 17.2 Å². The van der Waals surface area contributed by atoms with Gasteiger partial charge in [0.2, 0.25) is 0 Å². The number of aromatic nitrogens is 2. The van der Waals surface area contributed by atoms with Crippen molar-refractivity contribution in [3.05, 3.63) is 42.0 Å². The van der Waals surface area contributed by atoms with Crippen LogP contribution in [-0.2, 0) is 0 Å². The zero-order chi connectivity index (χ0) is 11.7. The molecule has 6 heteroatoms. The maximum absolute atomic E-state index is 13.4. The summed E-state index contributed by atoms with van der Waals surface area (Å²) in [6.07, 6.45) is -1.73. The Bertz CT molecular complexity index is 508. The Morgan fingerprint density at radius 2 is 1.94 bits per heavy atom. The van der Waals surface area contributed by atoms with Crippen LogP contribution >= 0.6 is 0 Å². The van der Waals surface area contributed by atoms with Crippen LogP contribution in [0.4, 0.5) is 18.9 Å². The highest BCUT2D eigenvalue weighted by atomic mass is 19.3. The van der Waals surface area contributed by atoms with Crippen molar-refractivity contribution < 1.29 is 13.2 Å². The van der Waals surface area contributed by atoms with Crippen LogP contribution in [0.5, 0.6) is 0 Å². The quantitative estimate of drug-likeness (QED) is 0.856. The summed E-state index contributed by atoms with van der Waals surface area (Å²) in [5, 5.41) is 3.64. The van der Waals surface area contributed by atoms with E-state index in [9.17, 15) is 13.2 Å². The molecule has 0 fully saturated rings. The van der Waals surface area contributed by atoms with E-state index in [2.05, 4.69) is 5.10 Å². The first kappa shape index (κ1) is 10.5. The molecule has 0 saturated carbocycles. The van der Waals surface area contributed by atoms with E-state index in [1.54, 1.807) is 0 Å². The third-order valence-corrected chi connectivity index (χ3v) is 2.12. The lowest BCUT2D eigenvalue weighted by molar-refractivity contribution is 0.143. The molecule has 0 aliphatic carbocycles. The summed E-state index contributed by atoms with van der Waals surface area (Å²) in [6.45, 7) is 0. The summed E-state index contributed by atoms with van der Waals surface area (Å²) in [5.74, 6) is -0.632. The highest BCUT2D eigenvalue weighted by molar-refractivity contribution is 5.47. The van der Waals surface area contributed by atoms with E-state index >= 15 is 0 Å². The van der Waals surface area contributed by atoms with Crippen molar-refractivity contribution >= 4 is 5.69 Å². The number of hydrogen-bond donors (Lipinski definition) is 1. The number of nitrogen functional groups attached to an aromatic ring is 1. The highest BCUT2D eigenvalue weighted by Crippen LogP contribution is 2.27.